The molecule has 0 aliphatic carbocycles. The van der Waals surface area contributed by atoms with Gasteiger partial charge in [-0.1, -0.05) is 0 Å². The van der Waals surface area contributed by atoms with Crippen LogP contribution in [0.4, 0.5) is 11.8 Å². The van der Waals surface area contributed by atoms with Crippen LogP contribution in [0.1, 0.15) is 12.8 Å². The Morgan fingerprint density at radius 3 is 2.58 bits per heavy atom. The van der Waals surface area contributed by atoms with Gasteiger partial charge in [-0.15, -0.1) is 10.2 Å². The molecule has 12 heavy (non-hydrogen) atoms. The molecule has 1 saturated heterocycles. The van der Waals surface area contributed by atoms with Crippen LogP contribution in [0.2, 0.25) is 0 Å². The molecule has 1 aliphatic heterocycles. The van der Waals surface area contributed by atoms with Gasteiger partial charge in [-0.2, -0.15) is 0 Å². The lowest BCUT2D eigenvalue weighted by Gasteiger charge is -2.13. The van der Waals surface area contributed by atoms with Crippen molar-refractivity contribution >= 4 is 11.8 Å². The van der Waals surface area contributed by atoms with Crippen LogP contribution in [0, 0.1) is 0 Å². The molecule has 2 N–H and O–H groups in total. The van der Waals surface area contributed by atoms with Crippen molar-refractivity contribution in [1.29, 1.82) is 0 Å². The lowest BCUT2D eigenvalue weighted by molar-refractivity contribution is 0.876. The molecular weight excluding hydrogens is 154 g/mol. The molecule has 0 atom stereocenters. The molecule has 64 valence electrons. The monoisotopic (exact) mass is 165 g/mol. The van der Waals surface area contributed by atoms with E-state index in [1.54, 1.807) is 6.20 Å². The van der Waals surface area contributed by atoms with Gasteiger partial charge in [0.25, 0.3) is 0 Å². The van der Waals surface area contributed by atoms with Crippen molar-refractivity contribution in [3.63, 3.8) is 0 Å². The second-order valence-corrected chi connectivity index (χ2v) is 2.87. The SMILES string of the molecule is Nc1ncc(N2CCCC2)nn1. The van der Waals surface area contributed by atoms with Gasteiger partial charge in [0.1, 0.15) is 0 Å². The van der Waals surface area contributed by atoms with Gasteiger partial charge in [0.2, 0.25) is 5.95 Å². The Balaban J connectivity index is 2.17. The topological polar surface area (TPSA) is 67.9 Å². The summed E-state index contributed by atoms with van der Waals surface area (Å²) < 4.78 is 0. The summed E-state index contributed by atoms with van der Waals surface area (Å²) in [6, 6.07) is 0. The van der Waals surface area contributed by atoms with Gasteiger partial charge in [-0.05, 0) is 12.8 Å². The van der Waals surface area contributed by atoms with Crippen LogP contribution < -0.4 is 10.6 Å². The second-order valence-electron chi connectivity index (χ2n) is 2.87. The first kappa shape index (κ1) is 7.27. The Bertz CT molecular complexity index is 251. The third-order valence-corrected chi connectivity index (χ3v) is 2.00. The molecule has 1 aliphatic rings. The Morgan fingerprint density at radius 2 is 2.00 bits per heavy atom. The van der Waals surface area contributed by atoms with E-state index in [-0.39, 0.29) is 5.95 Å². The van der Waals surface area contributed by atoms with Crippen molar-refractivity contribution in [2.45, 2.75) is 12.8 Å². The number of hydrogen-bond donors (Lipinski definition) is 1. The van der Waals surface area contributed by atoms with E-state index in [4.69, 9.17) is 5.73 Å². The maximum atomic E-state index is 5.32. The van der Waals surface area contributed by atoms with Crippen LogP contribution in [0.3, 0.4) is 0 Å². The number of nitrogens with two attached hydrogens (primary N) is 1. The molecule has 5 heteroatoms. The molecule has 2 heterocycles. The Labute approximate surface area is 70.6 Å². The second kappa shape index (κ2) is 2.92. The fourth-order valence-corrected chi connectivity index (χ4v) is 1.37. The molecule has 0 spiro atoms. The first-order valence-electron chi connectivity index (χ1n) is 4.06. The van der Waals surface area contributed by atoms with Gasteiger partial charge >= 0.3 is 0 Å². The Kier molecular flexibility index (Phi) is 1.77. The van der Waals surface area contributed by atoms with E-state index >= 15 is 0 Å². The maximum absolute atomic E-state index is 5.32. The minimum atomic E-state index is 0.234. The summed E-state index contributed by atoms with van der Waals surface area (Å²) in [6.45, 7) is 2.11. The van der Waals surface area contributed by atoms with E-state index < -0.39 is 0 Å². The van der Waals surface area contributed by atoms with Gasteiger partial charge in [-0.3, -0.25) is 0 Å². The van der Waals surface area contributed by atoms with Gasteiger partial charge < -0.3 is 10.6 Å². The zero-order chi connectivity index (χ0) is 8.39. The van der Waals surface area contributed by atoms with Crippen LogP contribution in [-0.2, 0) is 0 Å². The fourth-order valence-electron chi connectivity index (χ4n) is 1.37. The van der Waals surface area contributed by atoms with E-state index in [2.05, 4.69) is 20.1 Å². The van der Waals surface area contributed by atoms with Crippen LogP contribution in [0.5, 0.6) is 0 Å². The van der Waals surface area contributed by atoms with Crippen molar-refractivity contribution in [2.75, 3.05) is 23.7 Å². The predicted molar refractivity (Wildman–Crippen MR) is 45.7 cm³/mol. The van der Waals surface area contributed by atoms with E-state index in [9.17, 15) is 0 Å². The molecule has 1 fully saturated rings. The molecule has 0 unspecified atom stereocenters. The largest absolute Gasteiger partial charge is 0.366 e. The van der Waals surface area contributed by atoms with E-state index in [1.807, 2.05) is 0 Å². The lowest BCUT2D eigenvalue weighted by Crippen LogP contribution is -2.19. The van der Waals surface area contributed by atoms with E-state index in [0.29, 0.717) is 0 Å². The molecule has 1 aromatic rings. The summed E-state index contributed by atoms with van der Waals surface area (Å²) in [7, 11) is 0. The number of rotatable bonds is 1. The molecule has 1 aromatic heterocycles. The minimum absolute atomic E-state index is 0.234. The number of nitrogen functional groups attached to an aromatic ring is 1. The van der Waals surface area contributed by atoms with Crippen LogP contribution in [0.15, 0.2) is 6.20 Å². The van der Waals surface area contributed by atoms with Crippen LogP contribution in [-0.4, -0.2) is 28.3 Å². The summed E-state index contributed by atoms with van der Waals surface area (Å²) >= 11 is 0. The van der Waals surface area contributed by atoms with Crippen molar-refractivity contribution in [3.05, 3.63) is 6.20 Å². The zero-order valence-corrected chi connectivity index (χ0v) is 6.77. The van der Waals surface area contributed by atoms with E-state index in [0.717, 1.165) is 18.9 Å². The molecule has 0 saturated carbocycles. The molecule has 0 amide bonds. The van der Waals surface area contributed by atoms with Crippen molar-refractivity contribution in [1.82, 2.24) is 15.2 Å². The minimum Gasteiger partial charge on any atom is -0.366 e. The third kappa shape index (κ3) is 1.30. The first-order chi connectivity index (χ1) is 5.86. The van der Waals surface area contributed by atoms with Gasteiger partial charge in [-0.25, -0.2) is 4.98 Å². The van der Waals surface area contributed by atoms with Gasteiger partial charge in [0.05, 0.1) is 6.20 Å². The van der Waals surface area contributed by atoms with Gasteiger partial charge in [0.15, 0.2) is 5.82 Å². The predicted octanol–water partition coefficient (Wildman–Crippen LogP) is 0.0540. The van der Waals surface area contributed by atoms with Crippen molar-refractivity contribution < 1.29 is 0 Å². The highest BCUT2D eigenvalue weighted by Gasteiger charge is 2.13. The molecule has 0 radical (unpaired) electrons. The van der Waals surface area contributed by atoms with Crippen molar-refractivity contribution in [3.8, 4) is 0 Å². The van der Waals surface area contributed by atoms with Crippen LogP contribution in [0.25, 0.3) is 0 Å². The number of nitrogens with zero attached hydrogens (tertiary/aromatic N) is 4. The zero-order valence-electron chi connectivity index (χ0n) is 6.77. The van der Waals surface area contributed by atoms with Crippen LogP contribution >= 0.6 is 0 Å². The quantitative estimate of drug-likeness (QED) is 0.637. The molecule has 2 rings (SSSR count). The lowest BCUT2D eigenvalue weighted by atomic mass is 10.4. The van der Waals surface area contributed by atoms with Crippen molar-refractivity contribution in [2.24, 2.45) is 0 Å². The maximum Gasteiger partial charge on any atom is 0.240 e. The summed E-state index contributed by atoms with van der Waals surface area (Å²) in [4.78, 5) is 6.05. The number of anilines is 2. The highest BCUT2D eigenvalue weighted by Crippen LogP contribution is 2.15. The summed E-state index contributed by atoms with van der Waals surface area (Å²) in [6.07, 6.45) is 4.13. The van der Waals surface area contributed by atoms with E-state index in [1.165, 1.54) is 12.8 Å². The summed E-state index contributed by atoms with van der Waals surface area (Å²) in [5.74, 6) is 1.07. The standard InChI is InChI=1S/C7H11N5/c8-7-9-5-6(10-11-7)12-3-1-2-4-12/h5H,1-4H2,(H2,8,9,11). The number of hydrogen-bond acceptors (Lipinski definition) is 5. The van der Waals surface area contributed by atoms with Gasteiger partial charge in [0, 0.05) is 13.1 Å². The summed E-state index contributed by atoms with van der Waals surface area (Å²) in [5.41, 5.74) is 5.32. The average Bonchev–Trinajstić information content (AvgIpc) is 2.58. The molecule has 5 nitrogen and oxygen atoms in total. The Hall–Kier alpha value is -1.39. The third-order valence-electron chi connectivity index (χ3n) is 2.00. The number of aromatic nitrogens is 3. The highest BCUT2D eigenvalue weighted by molar-refractivity contribution is 5.36. The summed E-state index contributed by atoms with van der Waals surface area (Å²) in [5, 5.41) is 7.65. The normalized spacial score (nSPS) is 16.8. The smallest absolute Gasteiger partial charge is 0.240 e. The highest BCUT2D eigenvalue weighted by atomic mass is 15.3. The molecular formula is C7H11N5. The fraction of sp³-hybridized carbons (Fsp3) is 0.571. The molecule has 0 aromatic carbocycles. The Morgan fingerprint density at radius 1 is 1.25 bits per heavy atom. The average molecular weight is 165 g/mol. The first-order valence-corrected chi connectivity index (χ1v) is 4.06. The molecule has 0 bridgehead atoms.